The zero-order valence-electron chi connectivity index (χ0n) is 10.9. The van der Waals surface area contributed by atoms with Gasteiger partial charge in [0.05, 0.1) is 0 Å². The van der Waals surface area contributed by atoms with Crippen LogP contribution in [-0.4, -0.2) is 27.7 Å². The molecule has 1 aliphatic heterocycles. The highest BCUT2D eigenvalue weighted by molar-refractivity contribution is 9.10. The SMILES string of the molecule is O=C(Cn1cccc1)N1CCSC1c1ccc(Br)cc1. The van der Waals surface area contributed by atoms with Gasteiger partial charge in [0.25, 0.3) is 0 Å². The first kappa shape index (κ1) is 13.8. The summed E-state index contributed by atoms with van der Waals surface area (Å²) in [6, 6.07) is 12.1. The van der Waals surface area contributed by atoms with Crippen LogP contribution in [-0.2, 0) is 11.3 Å². The van der Waals surface area contributed by atoms with Gasteiger partial charge in [0.15, 0.2) is 0 Å². The average Bonchev–Trinajstić information content (AvgIpc) is 3.10. The number of carbonyl (C=O) groups is 1. The summed E-state index contributed by atoms with van der Waals surface area (Å²) < 4.78 is 2.98. The molecule has 3 rings (SSSR count). The van der Waals surface area contributed by atoms with Crippen LogP contribution in [0, 0.1) is 0 Å². The largest absolute Gasteiger partial charge is 0.345 e. The molecule has 1 amide bonds. The van der Waals surface area contributed by atoms with Crippen LogP contribution in [0.25, 0.3) is 0 Å². The minimum atomic E-state index is 0.145. The average molecular weight is 351 g/mol. The van der Waals surface area contributed by atoms with E-state index in [0.717, 1.165) is 16.8 Å². The third-order valence-corrected chi connectivity index (χ3v) is 5.14. The lowest BCUT2D eigenvalue weighted by atomic mass is 10.2. The molecule has 0 saturated carbocycles. The lowest BCUT2D eigenvalue weighted by molar-refractivity contribution is -0.132. The molecule has 2 aromatic rings. The first-order valence-corrected chi connectivity index (χ1v) is 8.35. The van der Waals surface area contributed by atoms with Crippen LogP contribution in [0.2, 0.25) is 0 Å². The summed E-state index contributed by atoms with van der Waals surface area (Å²) in [7, 11) is 0. The number of hydrogen-bond donors (Lipinski definition) is 0. The molecular formula is C15H15BrN2OS. The summed E-state index contributed by atoms with van der Waals surface area (Å²) in [6.07, 6.45) is 3.85. The molecule has 0 radical (unpaired) electrons. The molecular weight excluding hydrogens is 336 g/mol. The fourth-order valence-electron chi connectivity index (χ4n) is 2.35. The molecule has 2 heterocycles. The molecule has 1 unspecified atom stereocenters. The van der Waals surface area contributed by atoms with E-state index in [2.05, 4.69) is 28.1 Å². The van der Waals surface area contributed by atoms with E-state index < -0.39 is 0 Å². The Kier molecular flexibility index (Phi) is 4.17. The van der Waals surface area contributed by atoms with E-state index in [1.807, 2.05) is 57.9 Å². The van der Waals surface area contributed by atoms with Gasteiger partial charge >= 0.3 is 0 Å². The third-order valence-electron chi connectivity index (χ3n) is 3.35. The van der Waals surface area contributed by atoms with Crippen molar-refractivity contribution >= 4 is 33.6 Å². The van der Waals surface area contributed by atoms with E-state index in [-0.39, 0.29) is 11.3 Å². The van der Waals surface area contributed by atoms with Gasteiger partial charge in [0, 0.05) is 29.2 Å². The zero-order chi connectivity index (χ0) is 13.9. The number of amides is 1. The number of nitrogens with zero attached hydrogens (tertiary/aromatic N) is 2. The van der Waals surface area contributed by atoms with Gasteiger partial charge in [-0.05, 0) is 29.8 Å². The van der Waals surface area contributed by atoms with Crippen molar-refractivity contribution in [2.24, 2.45) is 0 Å². The van der Waals surface area contributed by atoms with Crippen molar-refractivity contribution in [1.82, 2.24) is 9.47 Å². The molecule has 3 nitrogen and oxygen atoms in total. The molecule has 1 fully saturated rings. The Morgan fingerprint density at radius 2 is 1.95 bits per heavy atom. The minimum Gasteiger partial charge on any atom is -0.345 e. The number of thioether (sulfide) groups is 1. The summed E-state index contributed by atoms with van der Waals surface area (Å²) in [5, 5.41) is 0.145. The van der Waals surface area contributed by atoms with Crippen molar-refractivity contribution in [2.45, 2.75) is 11.9 Å². The minimum absolute atomic E-state index is 0.145. The van der Waals surface area contributed by atoms with E-state index in [4.69, 9.17) is 0 Å². The van der Waals surface area contributed by atoms with Gasteiger partial charge in [-0.15, -0.1) is 11.8 Å². The van der Waals surface area contributed by atoms with E-state index in [9.17, 15) is 4.79 Å². The zero-order valence-corrected chi connectivity index (χ0v) is 13.3. The molecule has 1 saturated heterocycles. The van der Waals surface area contributed by atoms with Crippen LogP contribution in [0.1, 0.15) is 10.9 Å². The van der Waals surface area contributed by atoms with Crippen molar-refractivity contribution in [3.63, 3.8) is 0 Å². The number of benzene rings is 1. The Hall–Kier alpha value is -1.20. The Morgan fingerprint density at radius 1 is 1.25 bits per heavy atom. The molecule has 104 valence electrons. The maximum Gasteiger partial charge on any atom is 0.243 e. The number of rotatable bonds is 3. The maximum atomic E-state index is 12.4. The van der Waals surface area contributed by atoms with Gasteiger partial charge in [-0.3, -0.25) is 4.79 Å². The highest BCUT2D eigenvalue weighted by Gasteiger charge is 2.30. The highest BCUT2D eigenvalue weighted by atomic mass is 79.9. The normalized spacial score (nSPS) is 18.4. The summed E-state index contributed by atoms with van der Waals surface area (Å²) in [5.41, 5.74) is 1.19. The number of carbonyl (C=O) groups excluding carboxylic acids is 1. The first-order valence-electron chi connectivity index (χ1n) is 6.51. The van der Waals surface area contributed by atoms with Crippen molar-refractivity contribution in [3.05, 3.63) is 58.8 Å². The molecule has 1 aliphatic rings. The van der Waals surface area contributed by atoms with E-state index >= 15 is 0 Å². The van der Waals surface area contributed by atoms with Gasteiger partial charge in [-0.2, -0.15) is 0 Å². The second-order valence-corrected chi connectivity index (χ2v) is 6.82. The first-order chi connectivity index (χ1) is 9.74. The molecule has 0 N–H and O–H groups in total. The third kappa shape index (κ3) is 2.94. The van der Waals surface area contributed by atoms with Gasteiger partial charge < -0.3 is 9.47 Å². The van der Waals surface area contributed by atoms with Crippen molar-refractivity contribution in [3.8, 4) is 0 Å². The molecule has 20 heavy (non-hydrogen) atoms. The molecule has 5 heteroatoms. The summed E-state index contributed by atoms with van der Waals surface area (Å²) >= 11 is 5.28. The topological polar surface area (TPSA) is 25.2 Å². The fraction of sp³-hybridized carbons (Fsp3) is 0.267. The number of halogens is 1. The fourth-order valence-corrected chi connectivity index (χ4v) is 3.89. The number of hydrogen-bond acceptors (Lipinski definition) is 2. The van der Waals surface area contributed by atoms with Crippen LogP contribution in [0.3, 0.4) is 0 Å². The van der Waals surface area contributed by atoms with Crippen LogP contribution in [0.15, 0.2) is 53.3 Å². The second-order valence-electron chi connectivity index (χ2n) is 4.72. The Labute approximate surface area is 131 Å². The predicted octanol–water partition coefficient (Wildman–Crippen LogP) is 3.52. The molecule has 1 atom stereocenters. The maximum absolute atomic E-state index is 12.4. The van der Waals surface area contributed by atoms with E-state index in [1.54, 1.807) is 0 Å². The quantitative estimate of drug-likeness (QED) is 0.845. The van der Waals surface area contributed by atoms with Crippen molar-refractivity contribution in [2.75, 3.05) is 12.3 Å². The Bertz CT molecular complexity index is 582. The molecule has 0 aliphatic carbocycles. The van der Waals surface area contributed by atoms with Gasteiger partial charge in [0.2, 0.25) is 5.91 Å². The lowest BCUT2D eigenvalue weighted by Crippen LogP contribution is -2.33. The Balaban J connectivity index is 1.75. The van der Waals surface area contributed by atoms with Gasteiger partial charge in [0.1, 0.15) is 11.9 Å². The predicted molar refractivity (Wildman–Crippen MR) is 85.5 cm³/mol. The Morgan fingerprint density at radius 3 is 2.65 bits per heavy atom. The van der Waals surface area contributed by atoms with Crippen LogP contribution >= 0.6 is 27.7 Å². The van der Waals surface area contributed by atoms with Crippen LogP contribution in [0.4, 0.5) is 0 Å². The molecule has 0 spiro atoms. The van der Waals surface area contributed by atoms with Gasteiger partial charge in [-0.25, -0.2) is 0 Å². The molecule has 1 aromatic heterocycles. The highest BCUT2D eigenvalue weighted by Crippen LogP contribution is 2.38. The molecule has 1 aromatic carbocycles. The summed E-state index contributed by atoms with van der Waals surface area (Å²) in [5.74, 6) is 1.18. The van der Waals surface area contributed by atoms with Crippen LogP contribution in [0.5, 0.6) is 0 Å². The number of aromatic nitrogens is 1. The monoisotopic (exact) mass is 350 g/mol. The lowest BCUT2D eigenvalue weighted by Gasteiger charge is -2.24. The second kappa shape index (κ2) is 6.06. The molecule has 0 bridgehead atoms. The van der Waals surface area contributed by atoms with Crippen molar-refractivity contribution < 1.29 is 4.79 Å². The smallest absolute Gasteiger partial charge is 0.243 e. The standard InChI is InChI=1S/C15H15BrN2OS/c16-13-5-3-12(4-6-13)15-18(9-10-20-15)14(19)11-17-7-1-2-8-17/h1-8,15H,9-11H2. The summed E-state index contributed by atoms with van der Waals surface area (Å²) in [6.45, 7) is 1.24. The summed E-state index contributed by atoms with van der Waals surface area (Å²) in [4.78, 5) is 14.4. The van der Waals surface area contributed by atoms with Crippen LogP contribution < -0.4 is 0 Å². The van der Waals surface area contributed by atoms with E-state index in [1.165, 1.54) is 5.56 Å². The van der Waals surface area contributed by atoms with Gasteiger partial charge in [-0.1, -0.05) is 28.1 Å². The van der Waals surface area contributed by atoms with Crippen molar-refractivity contribution in [1.29, 1.82) is 0 Å². The van der Waals surface area contributed by atoms with E-state index in [0.29, 0.717) is 6.54 Å².